The van der Waals surface area contributed by atoms with Gasteiger partial charge in [0.25, 0.3) is 5.91 Å². The van der Waals surface area contributed by atoms with Crippen LogP contribution in [0.4, 0.5) is 21.0 Å². The molecule has 0 spiro atoms. The Morgan fingerprint density at radius 2 is 1.45 bits per heavy atom. The van der Waals surface area contributed by atoms with Gasteiger partial charge in [-0.15, -0.1) is 0 Å². The van der Waals surface area contributed by atoms with E-state index in [0.29, 0.717) is 22.7 Å². The van der Waals surface area contributed by atoms with E-state index in [9.17, 15) is 29.7 Å². The number of amides is 4. The first-order chi connectivity index (χ1) is 19.2. The quantitative estimate of drug-likeness (QED) is 0.232. The number of hydrogen-bond donors (Lipinski definition) is 5. The summed E-state index contributed by atoms with van der Waals surface area (Å²) < 4.78 is 5.50. The third-order valence-corrected chi connectivity index (χ3v) is 5.97. The normalized spacial score (nSPS) is 12.1. The summed E-state index contributed by atoms with van der Waals surface area (Å²) in [6.07, 6.45) is -2.17. The lowest BCUT2D eigenvalue weighted by Gasteiger charge is -2.30. The molecule has 0 aromatic heterocycles. The zero-order valence-corrected chi connectivity index (χ0v) is 22.4. The van der Waals surface area contributed by atoms with Crippen molar-refractivity contribution >= 4 is 29.4 Å². The molecule has 0 heterocycles. The number of ether oxygens (including phenoxy) is 1. The topological polar surface area (TPSA) is 152 Å². The minimum Gasteiger partial charge on any atom is -0.491 e. The van der Waals surface area contributed by atoms with Crippen molar-refractivity contribution in [3.63, 3.8) is 0 Å². The first-order valence-electron chi connectivity index (χ1n) is 12.6. The molecule has 0 bridgehead atoms. The average Bonchev–Trinajstić information content (AvgIpc) is 2.95. The van der Waals surface area contributed by atoms with Crippen LogP contribution < -0.4 is 15.4 Å². The van der Waals surface area contributed by atoms with Gasteiger partial charge in [0.1, 0.15) is 18.5 Å². The van der Waals surface area contributed by atoms with E-state index < -0.39 is 30.9 Å². The van der Waals surface area contributed by atoms with E-state index in [1.807, 2.05) is 6.07 Å². The molecule has 11 nitrogen and oxygen atoms in total. The number of benzene rings is 3. The van der Waals surface area contributed by atoms with Crippen molar-refractivity contribution < 1.29 is 34.4 Å². The standard InChI is InChI=1S/C29H34N4O7/c1-32(2)27(36)21-10-14-23(15-11-21)31-28(37)30-22-12-8-20(9-13-22)16-24(18-34)33(29(38)39)17-25(35)19-40-26-6-4-3-5-7-26/h3-15,24-25,34-35H,16-19H2,1-2H3,(H,38,39)(H2,30,31,37)/t24-,25-/m0/s1. The lowest BCUT2D eigenvalue weighted by atomic mass is 10.0. The summed E-state index contributed by atoms with van der Waals surface area (Å²) >= 11 is 0. The molecule has 0 aliphatic heterocycles. The molecule has 0 saturated heterocycles. The molecule has 4 amide bonds. The van der Waals surface area contributed by atoms with Crippen molar-refractivity contribution in [1.29, 1.82) is 0 Å². The third kappa shape index (κ3) is 9.00. The monoisotopic (exact) mass is 550 g/mol. The molecule has 0 aliphatic rings. The SMILES string of the molecule is CN(C)C(=O)c1ccc(NC(=O)Nc2ccc(C[C@@H](CO)N(C[C@H](O)COc3ccccc3)C(=O)O)cc2)cc1. The van der Waals surface area contributed by atoms with Gasteiger partial charge >= 0.3 is 12.1 Å². The first kappa shape index (κ1) is 29.9. The number of nitrogens with one attached hydrogen (secondary N) is 2. The number of para-hydroxylation sites is 1. The van der Waals surface area contributed by atoms with Gasteiger partial charge in [0.2, 0.25) is 0 Å². The van der Waals surface area contributed by atoms with Crippen LogP contribution in [0.5, 0.6) is 5.75 Å². The second-order valence-corrected chi connectivity index (χ2v) is 9.31. The second-order valence-electron chi connectivity index (χ2n) is 9.31. The molecule has 0 fully saturated rings. The Kier molecular flexibility index (Phi) is 10.9. The minimum absolute atomic E-state index is 0.104. The summed E-state index contributed by atoms with van der Waals surface area (Å²) in [6, 6.07) is 20.9. The molecule has 212 valence electrons. The summed E-state index contributed by atoms with van der Waals surface area (Å²) in [5.41, 5.74) is 2.25. The summed E-state index contributed by atoms with van der Waals surface area (Å²) in [6.45, 7) is -0.788. The highest BCUT2D eigenvalue weighted by Crippen LogP contribution is 2.16. The van der Waals surface area contributed by atoms with Crippen LogP contribution >= 0.6 is 0 Å². The number of aliphatic hydroxyl groups excluding tert-OH is 2. The molecular weight excluding hydrogens is 516 g/mol. The summed E-state index contributed by atoms with van der Waals surface area (Å²) in [7, 11) is 3.32. The van der Waals surface area contributed by atoms with Crippen molar-refractivity contribution in [3.8, 4) is 5.75 Å². The molecule has 3 aromatic carbocycles. The number of aliphatic hydroxyl groups is 2. The fourth-order valence-electron chi connectivity index (χ4n) is 3.89. The Labute approximate surface area is 232 Å². The minimum atomic E-state index is -1.27. The number of carbonyl (C=O) groups excluding carboxylic acids is 2. The number of hydrogen-bond acceptors (Lipinski definition) is 6. The molecule has 0 radical (unpaired) electrons. The molecular formula is C29H34N4O7. The van der Waals surface area contributed by atoms with Crippen molar-refractivity contribution in [2.75, 3.05) is 44.5 Å². The molecule has 5 N–H and O–H groups in total. The molecule has 11 heteroatoms. The van der Waals surface area contributed by atoms with Gasteiger partial charge < -0.3 is 40.5 Å². The molecule has 2 atom stereocenters. The Hall–Kier alpha value is -4.61. The van der Waals surface area contributed by atoms with Crippen molar-refractivity contribution in [2.24, 2.45) is 0 Å². The van der Waals surface area contributed by atoms with Crippen LogP contribution in [0.2, 0.25) is 0 Å². The van der Waals surface area contributed by atoms with Crippen LogP contribution in [0.3, 0.4) is 0 Å². The smallest absolute Gasteiger partial charge is 0.407 e. The van der Waals surface area contributed by atoms with E-state index in [1.165, 1.54) is 4.90 Å². The summed E-state index contributed by atoms with van der Waals surface area (Å²) in [5.74, 6) is 0.415. The number of nitrogens with zero attached hydrogens (tertiary/aromatic N) is 2. The molecule has 0 saturated carbocycles. The summed E-state index contributed by atoms with van der Waals surface area (Å²) in [4.78, 5) is 38.7. The lowest BCUT2D eigenvalue weighted by molar-refractivity contribution is 0.0388. The number of carbonyl (C=O) groups is 3. The van der Waals surface area contributed by atoms with Crippen LogP contribution in [0.1, 0.15) is 15.9 Å². The lowest BCUT2D eigenvalue weighted by Crippen LogP contribution is -2.48. The van der Waals surface area contributed by atoms with Gasteiger partial charge in [-0.2, -0.15) is 0 Å². The maximum absolute atomic E-state index is 12.4. The third-order valence-electron chi connectivity index (χ3n) is 5.97. The second kappa shape index (κ2) is 14.5. The van der Waals surface area contributed by atoms with Gasteiger partial charge in [-0.3, -0.25) is 4.79 Å². The number of rotatable bonds is 12. The Balaban J connectivity index is 1.53. The number of anilines is 2. The maximum Gasteiger partial charge on any atom is 0.407 e. The largest absolute Gasteiger partial charge is 0.491 e. The van der Waals surface area contributed by atoms with Gasteiger partial charge in [0.05, 0.1) is 19.2 Å². The fourth-order valence-corrected chi connectivity index (χ4v) is 3.89. The number of urea groups is 1. The molecule has 0 unspecified atom stereocenters. The first-order valence-corrected chi connectivity index (χ1v) is 12.6. The highest BCUT2D eigenvalue weighted by Gasteiger charge is 2.26. The van der Waals surface area contributed by atoms with Crippen LogP contribution in [0.25, 0.3) is 0 Å². The maximum atomic E-state index is 12.4. The van der Waals surface area contributed by atoms with E-state index in [1.54, 1.807) is 86.9 Å². The van der Waals surface area contributed by atoms with E-state index in [2.05, 4.69) is 10.6 Å². The summed E-state index contributed by atoms with van der Waals surface area (Å²) in [5, 5.41) is 35.4. The van der Waals surface area contributed by atoms with Gasteiger partial charge in [-0.25, -0.2) is 9.59 Å². The van der Waals surface area contributed by atoms with Crippen LogP contribution in [-0.2, 0) is 6.42 Å². The zero-order chi connectivity index (χ0) is 29.1. The Morgan fingerprint density at radius 1 is 0.875 bits per heavy atom. The zero-order valence-electron chi connectivity index (χ0n) is 22.4. The van der Waals surface area contributed by atoms with Crippen molar-refractivity contribution in [2.45, 2.75) is 18.6 Å². The van der Waals surface area contributed by atoms with Crippen LogP contribution in [-0.4, -0.2) is 89.2 Å². The Morgan fingerprint density at radius 3 is 1.98 bits per heavy atom. The molecule has 3 aromatic rings. The van der Waals surface area contributed by atoms with Crippen LogP contribution in [0, 0.1) is 0 Å². The molecule has 3 rings (SSSR count). The van der Waals surface area contributed by atoms with E-state index >= 15 is 0 Å². The van der Waals surface area contributed by atoms with E-state index in [4.69, 9.17) is 4.74 Å². The predicted molar refractivity (Wildman–Crippen MR) is 151 cm³/mol. The molecule has 40 heavy (non-hydrogen) atoms. The van der Waals surface area contributed by atoms with E-state index in [0.717, 1.165) is 10.5 Å². The van der Waals surface area contributed by atoms with Crippen molar-refractivity contribution in [1.82, 2.24) is 9.80 Å². The molecule has 0 aliphatic carbocycles. The average molecular weight is 551 g/mol. The Bertz CT molecular complexity index is 1250. The number of carboxylic acid groups (broad SMARTS) is 1. The van der Waals surface area contributed by atoms with Gasteiger partial charge in [0, 0.05) is 31.0 Å². The highest BCUT2D eigenvalue weighted by molar-refractivity contribution is 6.00. The van der Waals surface area contributed by atoms with Crippen molar-refractivity contribution in [3.05, 3.63) is 90.0 Å². The predicted octanol–water partition coefficient (Wildman–Crippen LogP) is 3.36. The van der Waals surface area contributed by atoms with E-state index in [-0.39, 0.29) is 25.5 Å². The fraction of sp³-hybridized carbons (Fsp3) is 0.276. The highest BCUT2D eigenvalue weighted by atomic mass is 16.5. The van der Waals surface area contributed by atoms with Gasteiger partial charge in [-0.1, -0.05) is 30.3 Å². The van der Waals surface area contributed by atoms with Gasteiger partial charge in [0.15, 0.2) is 0 Å². The van der Waals surface area contributed by atoms with Gasteiger partial charge in [-0.05, 0) is 60.5 Å². The van der Waals surface area contributed by atoms with Crippen LogP contribution in [0.15, 0.2) is 78.9 Å².